The second-order valence-corrected chi connectivity index (χ2v) is 2.93. The van der Waals surface area contributed by atoms with E-state index in [0.29, 0.717) is 5.88 Å². The molecule has 13 heavy (non-hydrogen) atoms. The number of rotatable bonds is 4. The zero-order valence-corrected chi connectivity index (χ0v) is 8.04. The first kappa shape index (κ1) is 10.1. The lowest BCUT2D eigenvalue weighted by Crippen LogP contribution is -2.35. The first-order valence-corrected chi connectivity index (χ1v) is 4.58. The Balaban J connectivity index is 2.50. The standard InChI is InChI=1S/C8H11ClN2O2/c1-2-6(5-9)10-8(12)7-3-4-13-11-7/h3-4,6H,2,5H2,1H3,(H,10,12). The van der Waals surface area contributed by atoms with E-state index in [2.05, 4.69) is 15.0 Å². The number of aromatic nitrogens is 1. The van der Waals surface area contributed by atoms with Crippen molar-refractivity contribution in [2.75, 3.05) is 5.88 Å². The zero-order chi connectivity index (χ0) is 9.68. The van der Waals surface area contributed by atoms with Crippen molar-refractivity contribution in [1.82, 2.24) is 10.5 Å². The lowest BCUT2D eigenvalue weighted by molar-refractivity contribution is 0.0930. The Hall–Kier alpha value is -1.03. The predicted octanol–water partition coefficient (Wildman–Crippen LogP) is 1.42. The van der Waals surface area contributed by atoms with E-state index in [9.17, 15) is 4.79 Å². The van der Waals surface area contributed by atoms with Crippen LogP contribution in [0.25, 0.3) is 0 Å². The van der Waals surface area contributed by atoms with Gasteiger partial charge in [0.05, 0.1) is 0 Å². The molecule has 1 aromatic heterocycles. The molecule has 72 valence electrons. The molecule has 0 aliphatic rings. The third-order valence-corrected chi connectivity index (χ3v) is 2.06. The van der Waals surface area contributed by atoms with Crippen molar-refractivity contribution in [3.8, 4) is 0 Å². The molecule has 1 unspecified atom stereocenters. The molecule has 0 radical (unpaired) electrons. The second kappa shape index (κ2) is 4.87. The van der Waals surface area contributed by atoms with Crippen LogP contribution in [-0.4, -0.2) is 23.0 Å². The Bertz CT molecular complexity index is 257. The summed E-state index contributed by atoms with van der Waals surface area (Å²) in [5, 5.41) is 6.23. The summed E-state index contributed by atoms with van der Waals surface area (Å²) < 4.78 is 4.54. The summed E-state index contributed by atoms with van der Waals surface area (Å²) in [4.78, 5) is 11.3. The highest BCUT2D eigenvalue weighted by atomic mass is 35.5. The molecule has 0 spiro atoms. The lowest BCUT2D eigenvalue weighted by atomic mass is 10.2. The van der Waals surface area contributed by atoms with Gasteiger partial charge in [-0.3, -0.25) is 4.79 Å². The lowest BCUT2D eigenvalue weighted by Gasteiger charge is -2.11. The summed E-state index contributed by atoms with van der Waals surface area (Å²) in [6.07, 6.45) is 2.16. The van der Waals surface area contributed by atoms with E-state index in [1.807, 2.05) is 6.92 Å². The molecule has 1 N–H and O–H groups in total. The van der Waals surface area contributed by atoms with Gasteiger partial charge in [0.1, 0.15) is 6.26 Å². The maximum absolute atomic E-state index is 11.3. The molecule has 0 bridgehead atoms. The summed E-state index contributed by atoms with van der Waals surface area (Å²) in [7, 11) is 0. The van der Waals surface area contributed by atoms with Crippen LogP contribution in [0.2, 0.25) is 0 Å². The Morgan fingerprint density at radius 3 is 3.08 bits per heavy atom. The van der Waals surface area contributed by atoms with Crippen molar-refractivity contribution in [2.24, 2.45) is 0 Å². The molecule has 0 aliphatic heterocycles. The minimum atomic E-state index is -0.249. The summed E-state index contributed by atoms with van der Waals surface area (Å²) >= 11 is 5.61. The number of carbonyl (C=O) groups is 1. The van der Waals surface area contributed by atoms with Crippen LogP contribution >= 0.6 is 11.6 Å². The highest BCUT2D eigenvalue weighted by Gasteiger charge is 2.12. The van der Waals surface area contributed by atoms with Crippen molar-refractivity contribution in [3.05, 3.63) is 18.0 Å². The SMILES string of the molecule is CCC(CCl)NC(=O)c1ccon1. The van der Waals surface area contributed by atoms with Crippen LogP contribution in [0, 0.1) is 0 Å². The first-order valence-electron chi connectivity index (χ1n) is 4.05. The van der Waals surface area contributed by atoms with Crippen LogP contribution in [0.4, 0.5) is 0 Å². The number of hydrogen-bond donors (Lipinski definition) is 1. The van der Waals surface area contributed by atoms with Gasteiger partial charge in [-0.15, -0.1) is 11.6 Å². The van der Waals surface area contributed by atoms with Crippen LogP contribution < -0.4 is 5.32 Å². The van der Waals surface area contributed by atoms with Crippen LogP contribution in [0.3, 0.4) is 0 Å². The maximum Gasteiger partial charge on any atom is 0.273 e. The Labute approximate surface area is 81.2 Å². The quantitative estimate of drug-likeness (QED) is 0.752. The van der Waals surface area contributed by atoms with E-state index < -0.39 is 0 Å². The van der Waals surface area contributed by atoms with E-state index in [1.54, 1.807) is 0 Å². The molecule has 0 aromatic carbocycles. The fourth-order valence-corrected chi connectivity index (χ4v) is 1.13. The maximum atomic E-state index is 11.3. The van der Waals surface area contributed by atoms with Crippen LogP contribution in [0.15, 0.2) is 16.9 Å². The van der Waals surface area contributed by atoms with Gasteiger partial charge in [0.2, 0.25) is 0 Å². The summed E-state index contributed by atoms with van der Waals surface area (Å²) in [6.45, 7) is 1.95. The molecule has 5 heteroatoms. The summed E-state index contributed by atoms with van der Waals surface area (Å²) in [5.41, 5.74) is 0.281. The molecule has 0 saturated carbocycles. The monoisotopic (exact) mass is 202 g/mol. The third kappa shape index (κ3) is 2.73. The van der Waals surface area contributed by atoms with Crippen LogP contribution in [-0.2, 0) is 0 Å². The van der Waals surface area contributed by atoms with Crippen LogP contribution in [0.1, 0.15) is 23.8 Å². The highest BCUT2D eigenvalue weighted by Crippen LogP contribution is 1.98. The number of hydrogen-bond acceptors (Lipinski definition) is 3. The Kier molecular flexibility index (Phi) is 3.76. The fraction of sp³-hybridized carbons (Fsp3) is 0.500. The molecular weight excluding hydrogens is 192 g/mol. The van der Waals surface area contributed by atoms with E-state index in [4.69, 9.17) is 11.6 Å². The van der Waals surface area contributed by atoms with E-state index in [1.165, 1.54) is 12.3 Å². The number of amides is 1. The zero-order valence-electron chi connectivity index (χ0n) is 7.29. The fourth-order valence-electron chi connectivity index (χ4n) is 0.839. The van der Waals surface area contributed by atoms with Crippen LogP contribution in [0.5, 0.6) is 0 Å². The third-order valence-electron chi connectivity index (χ3n) is 1.68. The number of nitrogens with zero attached hydrogens (tertiary/aromatic N) is 1. The summed E-state index contributed by atoms with van der Waals surface area (Å²) in [5.74, 6) is 0.154. The number of halogens is 1. The molecule has 1 atom stereocenters. The van der Waals surface area contributed by atoms with E-state index >= 15 is 0 Å². The van der Waals surface area contributed by atoms with Gasteiger partial charge in [-0.05, 0) is 6.42 Å². The number of carbonyl (C=O) groups excluding carboxylic acids is 1. The normalized spacial score (nSPS) is 12.5. The summed E-state index contributed by atoms with van der Waals surface area (Å²) in [6, 6.07) is 1.50. The van der Waals surface area contributed by atoms with Gasteiger partial charge in [-0.1, -0.05) is 12.1 Å². The average molecular weight is 203 g/mol. The smallest absolute Gasteiger partial charge is 0.273 e. The molecule has 0 saturated heterocycles. The van der Waals surface area contributed by atoms with Gasteiger partial charge in [-0.2, -0.15) is 0 Å². The van der Waals surface area contributed by atoms with Gasteiger partial charge in [0.15, 0.2) is 5.69 Å². The minimum absolute atomic E-state index is 0.00846. The molecule has 4 nitrogen and oxygen atoms in total. The van der Waals surface area contributed by atoms with Crippen molar-refractivity contribution in [1.29, 1.82) is 0 Å². The molecule has 1 heterocycles. The first-order chi connectivity index (χ1) is 6.27. The molecule has 0 fully saturated rings. The second-order valence-electron chi connectivity index (χ2n) is 2.62. The Morgan fingerprint density at radius 2 is 2.62 bits per heavy atom. The largest absolute Gasteiger partial charge is 0.364 e. The van der Waals surface area contributed by atoms with Crippen molar-refractivity contribution >= 4 is 17.5 Å². The van der Waals surface area contributed by atoms with Gasteiger partial charge >= 0.3 is 0 Å². The molecule has 0 aliphatic carbocycles. The van der Waals surface area contributed by atoms with Gasteiger partial charge < -0.3 is 9.84 Å². The Morgan fingerprint density at radius 1 is 1.85 bits per heavy atom. The molecular formula is C8H11ClN2O2. The van der Waals surface area contributed by atoms with Crippen molar-refractivity contribution in [2.45, 2.75) is 19.4 Å². The van der Waals surface area contributed by atoms with Gasteiger partial charge in [0, 0.05) is 18.0 Å². The number of nitrogens with one attached hydrogen (secondary N) is 1. The topological polar surface area (TPSA) is 55.1 Å². The molecule has 1 aromatic rings. The van der Waals surface area contributed by atoms with Gasteiger partial charge in [0.25, 0.3) is 5.91 Å². The minimum Gasteiger partial charge on any atom is -0.364 e. The highest BCUT2D eigenvalue weighted by molar-refractivity contribution is 6.18. The van der Waals surface area contributed by atoms with Gasteiger partial charge in [-0.25, -0.2) is 0 Å². The average Bonchev–Trinajstić information content (AvgIpc) is 2.66. The van der Waals surface area contributed by atoms with E-state index in [-0.39, 0.29) is 17.6 Å². The van der Waals surface area contributed by atoms with Crippen molar-refractivity contribution in [3.63, 3.8) is 0 Å². The van der Waals surface area contributed by atoms with E-state index in [0.717, 1.165) is 6.42 Å². The molecule has 1 amide bonds. The van der Waals surface area contributed by atoms with Crippen molar-refractivity contribution < 1.29 is 9.32 Å². The number of alkyl halides is 1. The predicted molar refractivity (Wildman–Crippen MR) is 48.8 cm³/mol. The molecule has 1 rings (SSSR count).